The minimum Gasteiger partial charge on any atom is -0.504 e. The van der Waals surface area contributed by atoms with Gasteiger partial charge >= 0.3 is 0 Å². The van der Waals surface area contributed by atoms with Crippen LogP contribution in [0.3, 0.4) is 0 Å². The van der Waals surface area contributed by atoms with Crippen LogP contribution in [0.15, 0.2) is 18.2 Å². The third-order valence-electron chi connectivity index (χ3n) is 3.26. The van der Waals surface area contributed by atoms with Crippen LogP contribution in [0, 0.1) is 0 Å². The maximum Gasteiger partial charge on any atom is 0.254 e. The summed E-state index contributed by atoms with van der Waals surface area (Å²) in [4.78, 5) is 16.5. The molecule has 1 aliphatic heterocycles. The predicted octanol–water partition coefficient (Wildman–Crippen LogP) is 0.142. The zero-order valence-electron chi connectivity index (χ0n) is 11.0. The van der Waals surface area contributed by atoms with Crippen LogP contribution in [0.1, 0.15) is 10.4 Å². The summed E-state index contributed by atoms with van der Waals surface area (Å²) in [6.45, 7) is 3.17. The molecule has 2 rings (SSSR count). The third kappa shape index (κ3) is 3.37. The van der Waals surface area contributed by atoms with Crippen LogP contribution in [-0.2, 0) is 0 Å². The first-order valence-corrected chi connectivity index (χ1v) is 6.70. The number of hydrogen-bond donors (Lipinski definition) is 3. The van der Waals surface area contributed by atoms with Crippen LogP contribution in [0.2, 0.25) is 0 Å². The lowest BCUT2D eigenvalue weighted by molar-refractivity contribution is 0.0654. The van der Waals surface area contributed by atoms with Crippen LogP contribution in [0.4, 0.5) is 0 Å². The summed E-state index contributed by atoms with van der Waals surface area (Å²) >= 11 is 4.86. The monoisotopic (exact) mass is 295 g/mol. The molecule has 0 radical (unpaired) electrons. The SMILES string of the molecule is NC(=S)CN1CCN(C(=O)c2ccc(O)c(O)c2)CC1. The van der Waals surface area contributed by atoms with Crippen molar-refractivity contribution in [1.82, 2.24) is 9.80 Å². The van der Waals surface area contributed by atoms with E-state index in [1.54, 1.807) is 4.90 Å². The van der Waals surface area contributed by atoms with E-state index in [1.807, 2.05) is 0 Å². The fourth-order valence-electron chi connectivity index (χ4n) is 2.17. The van der Waals surface area contributed by atoms with E-state index in [9.17, 15) is 15.0 Å². The van der Waals surface area contributed by atoms with Gasteiger partial charge in [0.1, 0.15) is 0 Å². The maximum atomic E-state index is 12.3. The summed E-state index contributed by atoms with van der Waals surface area (Å²) in [5, 5.41) is 18.7. The van der Waals surface area contributed by atoms with Crippen molar-refractivity contribution < 1.29 is 15.0 Å². The number of carbonyl (C=O) groups excluding carboxylic acids is 1. The van der Waals surface area contributed by atoms with Gasteiger partial charge in [-0.1, -0.05) is 12.2 Å². The smallest absolute Gasteiger partial charge is 0.254 e. The Kier molecular flexibility index (Phi) is 4.41. The summed E-state index contributed by atoms with van der Waals surface area (Å²) in [5.41, 5.74) is 5.86. The van der Waals surface area contributed by atoms with Crippen molar-refractivity contribution in [2.24, 2.45) is 5.73 Å². The number of carbonyl (C=O) groups is 1. The van der Waals surface area contributed by atoms with Gasteiger partial charge < -0.3 is 20.8 Å². The standard InChI is InChI=1S/C13H17N3O3S/c14-12(20)8-15-3-5-16(6-4-15)13(19)9-1-2-10(17)11(18)7-9/h1-2,7,17-18H,3-6,8H2,(H2,14,20). The fourth-order valence-corrected chi connectivity index (χ4v) is 2.35. The third-order valence-corrected chi connectivity index (χ3v) is 3.39. The normalized spacial score (nSPS) is 16.1. The molecule has 0 saturated carbocycles. The average molecular weight is 295 g/mol. The van der Waals surface area contributed by atoms with E-state index in [1.165, 1.54) is 18.2 Å². The number of piperazine rings is 1. The number of hydrogen-bond acceptors (Lipinski definition) is 5. The van der Waals surface area contributed by atoms with E-state index in [2.05, 4.69) is 4.90 Å². The number of nitrogens with two attached hydrogens (primary N) is 1. The Morgan fingerprint density at radius 2 is 1.85 bits per heavy atom. The van der Waals surface area contributed by atoms with Crippen LogP contribution in [0.25, 0.3) is 0 Å². The molecule has 1 aromatic carbocycles. The molecule has 20 heavy (non-hydrogen) atoms. The van der Waals surface area contributed by atoms with Gasteiger partial charge in [-0.3, -0.25) is 9.69 Å². The van der Waals surface area contributed by atoms with Gasteiger partial charge in [-0.15, -0.1) is 0 Å². The van der Waals surface area contributed by atoms with Crippen molar-refractivity contribution in [3.8, 4) is 11.5 Å². The number of rotatable bonds is 3. The number of phenolic OH excluding ortho intramolecular Hbond substituents is 2. The van der Waals surface area contributed by atoms with Crippen LogP contribution < -0.4 is 5.73 Å². The molecule has 1 saturated heterocycles. The van der Waals surface area contributed by atoms with Crippen molar-refractivity contribution in [2.45, 2.75) is 0 Å². The Hall–Kier alpha value is -1.86. The Balaban J connectivity index is 1.97. The first-order chi connectivity index (χ1) is 9.47. The molecule has 4 N–H and O–H groups in total. The van der Waals surface area contributed by atoms with Gasteiger partial charge in [-0.2, -0.15) is 0 Å². The lowest BCUT2D eigenvalue weighted by atomic mass is 10.1. The number of phenols is 2. The molecule has 1 aliphatic rings. The first kappa shape index (κ1) is 14.5. The second kappa shape index (κ2) is 6.06. The molecule has 1 aromatic rings. The lowest BCUT2D eigenvalue weighted by Gasteiger charge is -2.34. The second-order valence-electron chi connectivity index (χ2n) is 4.74. The van der Waals surface area contributed by atoms with Crippen molar-refractivity contribution >= 4 is 23.1 Å². The van der Waals surface area contributed by atoms with Crippen molar-refractivity contribution in [2.75, 3.05) is 32.7 Å². The van der Waals surface area contributed by atoms with Gasteiger partial charge in [0.05, 0.1) is 4.99 Å². The Morgan fingerprint density at radius 3 is 2.40 bits per heavy atom. The molecular weight excluding hydrogens is 278 g/mol. The summed E-state index contributed by atoms with van der Waals surface area (Å²) < 4.78 is 0. The topological polar surface area (TPSA) is 90.0 Å². The fraction of sp³-hybridized carbons (Fsp3) is 0.385. The van der Waals surface area contributed by atoms with E-state index in [0.717, 1.165) is 0 Å². The highest BCUT2D eigenvalue weighted by atomic mass is 32.1. The van der Waals surface area contributed by atoms with E-state index in [4.69, 9.17) is 18.0 Å². The Labute approximate surface area is 122 Å². The van der Waals surface area contributed by atoms with Crippen molar-refractivity contribution in [1.29, 1.82) is 0 Å². The van der Waals surface area contributed by atoms with E-state index >= 15 is 0 Å². The van der Waals surface area contributed by atoms with Gasteiger partial charge in [-0.05, 0) is 18.2 Å². The number of aromatic hydroxyl groups is 2. The van der Waals surface area contributed by atoms with Gasteiger partial charge in [0.25, 0.3) is 5.91 Å². The molecule has 0 unspecified atom stereocenters. The summed E-state index contributed by atoms with van der Waals surface area (Å²) in [6.07, 6.45) is 0. The molecule has 7 heteroatoms. The van der Waals surface area contributed by atoms with Crippen LogP contribution in [0.5, 0.6) is 11.5 Å². The largest absolute Gasteiger partial charge is 0.504 e. The zero-order chi connectivity index (χ0) is 14.7. The van der Waals surface area contributed by atoms with E-state index in [-0.39, 0.29) is 17.4 Å². The highest BCUT2D eigenvalue weighted by Gasteiger charge is 2.22. The summed E-state index contributed by atoms with van der Waals surface area (Å²) in [5.74, 6) is -0.680. The predicted molar refractivity (Wildman–Crippen MR) is 78.9 cm³/mol. The highest BCUT2D eigenvalue weighted by Crippen LogP contribution is 2.25. The molecule has 0 atom stereocenters. The molecule has 108 valence electrons. The lowest BCUT2D eigenvalue weighted by Crippen LogP contribution is -2.50. The minimum atomic E-state index is -0.289. The minimum absolute atomic E-state index is 0.157. The van der Waals surface area contributed by atoms with Crippen LogP contribution in [-0.4, -0.2) is 63.6 Å². The van der Waals surface area contributed by atoms with Crippen molar-refractivity contribution in [3.05, 3.63) is 23.8 Å². The number of amides is 1. The molecule has 0 spiro atoms. The molecule has 1 fully saturated rings. The molecule has 6 nitrogen and oxygen atoms in total. The molecule has 0 aliphatic carbocycles. The molecular formula is C13H17N3O3S. The molecule has 1 heterocycles. The first-order valence-electron chi connectivity index (χ1n) is 6.29. The highest BCUT2D eigenvalue weighted by molar-refractivity contribution is 7.80. The second-order valence-corrected chi connectivity index (χ2v) is 5.26. The number of thiocarbonyl (C=S) groups is 1. The summed E-state index contributed by atoms with van der Waals surface area (Å²) in [6, 6.07) is 4.09. The quantitative estimate of drug-likeness (QED) is 0.543. The van der Waals surface area contributed by atoms with Gasteiger partial charge in [0.2, 0.25) is 0 Å². The Morgan fingerprint density at radius 1 is 1.20 bits per heavy atom. The number of nitrogens with zero attached hydrogens (tertiary/aromatic N) is 2. The molecule has 0 aromatic heterocycles. The van der Waals surface area contributed by atoms with E-state index in [0.29, 0.717) is 43.3 Å². The summed E-state index contributed by atoms with van der Waals surface area (Å²) in [7, 11) is 0. The number of benzene rings is 1. The average Bonchev–Trinajstić information content (AvgIpc) is 2.41. The zero-order valence-corrected chi connectivity index (χ0v) is 11.8. The maximum absolute atomic E-state index is 12.3. The molecule has 0 bridgehead atoms. The van der Waals surface area contributed by atoms with Gasteiger partial charge in [0.15, 0.2) is 11.5 Å². The Bertz CT molecular complexity index is 528. The van der Waals surface area contributed by atoms with Gasteiger partial charge in [0, 0.05) is 38.3 Å². The van der Waals surface area contributed by atoms with E-state index < -0.39 is 0 Å². The van der Waals surface area contributed by atoms with Crippen molar-refractivity contribution in [3.63, 3.8) is 0 Å². The molecule has 1 amide bonds. The van der Waals surface area contributed by atoms with Crippen LogP contribution >= 0.6 is 12.2 Å². The van der Waals surface area contributed by atoms with Gasteiger partial charge in [-0.25, -0.2) is 0 Å².